The van der Waals surface area contributed by atoms with Crippen molar-refractivity contribution in [1.82, 2.24) is 4.57 Å². The van der Waals surface area contributed by atoms with Gasteiger partial charge in [0, 0.05) is 37.1 Å². The lowest BCUT2D eigenvalue weighted by Crippen LogP contribution is -2.44. The topological polar surface area (TPSA) is 55.3 Å². The lowest BCUT2D eigenvalue weighted by Gasteiger charge is -2.32. The Balaban J connectivity index is 1.36. The van der Waals surface area contributed by atoms with E-state index in [1.54, 1.807) is 30.3 Å². The van der Waals surface area contributed by atoms with Crippen molar-refractivity contribution >= 4 is 17.6 Å². The molecule has 0 unspecified atom stereocenters. The third-order valence-corrected chi connectivity index (χ3v) is 7.07. The number of carbonyl (C=O) groups excluding carboxylic acids is 1. The van der Waals surface area contributed by atoms with Crippen LogP contribution >= 0.6 is 11.6 Å². The van der Waals surface area contributed by atoms with Crippen LogP contribution in [-0.2, 0) is 28.2 Å². The van der Waals surface area contributed by atoms with Gasteiger partial charge in [-0.25, -0.2) is 22.7 Å². The first-order valence-corrected chi connectivity index (χ1v) is 12.2. The van der Waals surface area contributed by atoms with Crippen LogP contribution in [0.5, 0.6) is 0 Å². The zero-order valence-corrected chi connectivity index (χ0v) is 20.4. The van der Waals surface area contributed by atoms with E-state index in [4.69, 9.17) is 16.3 Å². The molecule has 4 rings (SSSR count). The first-order valence-electron chi connectivity index (χ1n) is 11.8. The number of aliphatic hydroxyl groups is 1. The lowest BCUT2D eigenvalue weighted by molar-refractivity contribution is -0.694. The Labute approximate surface area is 208 Å². The summed E-state index contributed by atoms with van der Waals surface area (Å²) in [6.45, 7) is 3.40. The molecule has 0 amide bonds. The molecule has 1 heterocycles. The molecule has 0 aliphatic heterocycles. The molecule has 35 heavy (non-hydrogen) atoms. The standard InChI is InChI=1S/C27H30ClF2N2O3/c1-20-31(15-16-32(20)19-21-8-10-24(28)11-9-21)14-5-17-35-25(33)27(34,22-6-3-2-4-7-22)23-12-13-26(29,30)18-23/h2-4,6-11,15-16,23,34H,5,12-14,17-19H2,1H3/q+1/t23-,27+/m1/s1. The van der Waals surface area contributed by atoms with E-state index < -0.39 is 29.8 Å². The highest BCUT2D eigenvalue weighted by atomic mass is 35.5. The van der Waals surface area contributed by atoms with Crippen molar-refractivity contribution in [3.8, 4) is 0 Å². The van der Waals surface area contributed by atoms with Crippen molar-refractivity contribution in [2.75, 3.05) is 6.61 Å². The highest BCUT2D eigenvalue weighted by Gasteiger charge is 2.54. The molecule has 0 bridgehead atoms. The van der Waals surface area contributed by atoms with Crippen LogP contribution in [0.1, 0.15) is 42.6 Å². The number of aryl methyl sites for hydroxylation is 1. The number of aromatic nitrogens is 2. The first-order chi connectivity index (χ1) is 16.7. The third kappa shape index (κ3) is 5.73. The molecule has 186 valence electrons. The Hall–Kier alpha value is -2.77. The van der Waals surface area contributed by atoms with Gasteiger partial charge in [-0.2, -0.15) is 0 Å². The highest BCUT2D eigenvalue weighted by molar-refractivity contribution is 6.30. The molecule has 1 fully saturated rings. The van der Waals surface area contributed by atoms with Crippen molar-refractivity contribution in [3.05, 3.63) is 89.0 Å². The molecule has 1 aliphatic carbocycles. The first kappa shape index (κ1) is 25.3. The fraction of sp³-hybridized carbons (Fsp3) is 0.407. The second-order valence-corrected chi connectivity index (χ2v) is 9.65. The van der Waals surface area contributed by atoms with Crippen LogP contribution in [0.3, 0.4) is 0 Å². The minimum atomic E-state index is -2.89. The van der Waals surface area contributed by atoms with Gasteiger partial charge in [-0.3, -0.25) is 0 Å². The predicted octanol–water partition coefficient (Wildman–Crippen LogP) is 5.04. The van der Waals surface area contributed by atoms with Gasteiger partial charge in [0.15, 0.2) is 5.60 Å². The molecule has 3 aromatic rings. The van der Waals surface area contributed by atoms with E-state index in [-0.39, 0.29) is 25.0 Å². The third-order valence-electron chi connectivity index (χ3n) is 6.82. The van der Waals surface area contributed by atoms with E-state index >= 15 is 0 Å². The number of hydrogen-bond acceptors (Lipinski definition) is 3. The van der Waals surface area contributed by atoms with E-state index in [0.29, 0.717) is 24.5 Å². The Morgan fingerprint density at radius 1 is 1.23 bits per heavy atom. The molecule has 0 radical (unpaired) electrons. The minimum Gasteiger partial charge on any atom is -0.463 e. The molecule has 2 atom stereocenters. The summed E-state index contributed by atoms with van der Waals surface area (Å²) in [5.41, 5.74) is -0.671. The number of nitrogens with zero attached hydrogens (tertiary/aromatic N) is 2. The lowest BCUT2D eigenvalue weighted by atomic mass is 9.80. The van der Waals surface area contributed by atoms with Gasteiger partial charge in [-0.15, -0.1) is 0 Å². The SMILES string of the molecule is Cc1n(CCCOC(=O)[C@](O)(c2ccccc2)[C@@H]2CCC(F)(F)C2)cc[n+]1Cc1ccc(Cl)cc1. The second kappa shape index (κ2) is 10.5. The summed E-state index contributed by atoms with van der Waals surface area (Å²) >= 11 is 5.96. The van der Waals surface area contributed by atoms with Gasteiger partial charge in [-0.1, -0.05) is 54.1 Å². The summed E-state index contributed by atoms with van der Waals surface area (Å²) in [6.07, 6.45) is 3.66. The number of imidazole rings is 1. The number of halogens is 3. The summed E-state index contributed by atoms with van der Waals surface area (Å²) in [6, 6.07) is 16.0. The number of benzene rings is 2. The van der Waals surface area contributed by atoms with E-state index in [2.05, 4.69) is 9.13 Å². The number of alkyl halides is 2. The Morgan fingerprint density at radius 2 is 1.94 bits per heavy atom. The molecule has 1 aromatic heterocycles. The molecule has 1 aliphatic rings. The number of rotatable bonds is 9. The summed E-state index contributed by atoms with van der Waals surface area (Å²) in [4.78, 5) is 13.0. The van der Waals surface area contributed by atoms with Crippen LogP contribution in [-0.4, -0.2) is 28.2 Å². The zero-order chi connectivity index (χ0) is 25.1. The van der Waals surface area contributed by atoms with Gasteiger partial charge in [0.05, 0.1) is 13.2 Å². The summed E-state index contributed by atoms with van der Waals surface area (Å²) in [5.74, 6) is -3.61. The largest absolute Gasteiger partial charge is 0.463 e. The predicted molar refractivity (Wildman–Crippen MR) is 128 cm³/mol. The van der Waals surface area contributed by atoms with Crippen molar-refractivity contribution in [2.45, 2.75) is 57.2 Å². The average Bonchev–Trinajstić information content (AvgIpc) is 3.39. The number of hydrogen-bond donors (Lipinski definition) is 1. The summed E-state index contributed by atoms with van der Waals surface area (Å²) in [5, 5.41) is 12.1. The Bertz CT molecular complexity index is 1150. The van der Waals surface area contributed by atoms with Crippen LogP contribution in [0.2, 0.25) is 5.02 Å². The van der Waals surface area contributed by atoms with Crippen molar-refractivity contribution in [2.24, 2.45) is 5.92 Å². The Kier molecular flexibility index (Phi) is 7.57. The molecule has 0 spiro atoms. The molecular weight excluding hydrogens is 474 g/mol. The fourth-order valence-electron chi connectivity index (χ4n) is 4.76. The summed E-state index contributed by atoms with van der Waals surface area (Å²) in [7, 11) is 0. The monoisotopic (exact) mass is 503 g/mol. The molecule has 2 aromatic carbocycles. The number of ether oxygens (including phenoxy) is 1. The van der Waals surface area contributed by atoms with Crippen LogP contribution in [0.15, 0.2) is 67.0 Å². The van der Waals surface area contributed by atoms with Crippen LogP contribution in [0.4, 0.5) is 8.78 Å². The average molecular weight is 504 g/mol. The van der Waals surface area contributed by atoms with E-state index in [0.717, 1.165) is 11.4 Å². The molecule has 1 saturated carbocycles. The number of esters is 1. The maximum absolute atomic E-state index is 13.9. The molecule has 0 saturated heterocycles. The van der Waals surface area contributed by atoms with Crippen molar-refractivity contribution in [1.29, 1.82) is 0 Å². The second-order valence-electron chi connectivity index (χ2n) is 9.21. The minimum absolute atomic E-state index is 0.0592. The van der Waals surface area contributed by atoms with Gasteiger partial charge >= 0.3 is 5.97 Å². The van der Waals surface area contributed by atoms with Crippen molar-refractivity contribution in [3.63, 3.8) is 0 Å². The molecular formula is C27H30ClF2N2O3+. The summed E-state index contributed by atoms with van der Waals surface area (Å²) < 4.78 is 37.5. The quantitative estimate of drug-likeness (QED) is 0.253. The van der Waals surface area contributed by atoms with Gasteiger partial charge in [0.2, 0.25) is 5.92 Å². The van der Waals surface area contributed by atoms with Crippen molar-refractivity contribution < 1.29 is 28.0 Å². The van der Waals surface area contributed by atoms with Gasteiger partial charge < -0.3 is 9.84 Å². The van der Waals surface area contributed by atoms with E-state index in [9.17, 15) is 18.7 Å². The molecule has 5 nitrogen and oxygen atoms in total. The van der Waals surface area contributed by atoms with Crippen LogP contribution in [0.25, 0.3) is 0 Å². The smallest absolute Gasteiger partial charge is 0.343 e. The van der Waals surface area contributed by atoms with Crippen LogP contribution in [0, 0.1) is 12.8 Å². The Morgan fingerprint density at radius 3 is 2.60 bits per heavy atom. The highest BCUT2D eigenvalue weighted by Crippen LogP contribution is 2.47. The van der Waals surface area contributed by atoms with Crippen LogP contribution < -0.4 is 4.57 Å². The van der Waals surface area contributed by atoms with E-state index in [1.807, 2.05) is 43.6 Å². The maximum Gasteiger partial charge on any atom is 0.343 e. The fourth-order valence-corrected chi connectivity index (χ4v) is 4.89. The van der Waals surface area contributed by atoms with E-state index in [1.165, 1.54) is 0 Å². The van der Waals surface area contributed by atoms with Gasteiger partial charge in [0.25, 0.3) is 5.82 Å². The molecule has 1 N–H and O–H groups in total. The van der Waals surface area contributed by atoms with Gasteiger partial charge in [0.1, 0.15) is 18.9 Å². The number of carbonyl (C=O) groups is 1. The van der Waals surface area contributed by atoms with Gasteiger partial charge in [-0.05, 0) is 29.7 Å². The maximum atomic E-state index is 13.9. The zero-order valence-electron chi connectivity index (χ0n) is 19.7. The molecule has 8 heteroatoms. The normalized spacial score (nSPS) is 18.8.